The van der Waals surface area contributed by atoms with Crippen LogP contribution >= 0.6 is 11.8 Å². The van der Waals surface area contributed by atoms with Crippen molar-refractivity contribution in [3.8, 4) is 5.69 Å². The number of carbonyl (C=O) groups is 1. The topological polar surface area (TPSA) is 90.1 Å². The third-order valence-electron chi connectivity index (χ3n) is 3.52. The van der Waals surface area contributed by atoms with Gasteiger partial charge < -0.3 is 5.32 Å². The number of benzene rings is 2. The van der Waals surface area contributed by atoms with Crippen molar-refractivity contribution >= 4 is 29.2 Å². The molecule has 8 heteroatoms. The van der Waals surface area contributed by atoms with Crippen LogP contribution in [0, 0.1) is 17.0 Å². The molecule has 132 valence electrons. The van der Waals surface area contributed by atoms with E-state index in [-0.39, 0.29) is 17.3 Å². The lowest BCUT2D eigenvalue weighted by molar-refractivity contribution is -0.384. The molecule has 0 spiro atoms. The van der Waals surface area contributed by atoms with Gasteiger partial charge in [0.2, 0.25) is 5.91 Å². The molecule has 0 atom stereocenters. The number of carbonyl (C=O) groups excluding carboxylic acids is 1. The van der Waals surface area contributed by atoms with Crippen LogP contribution in [-0.4, -0.2) is 26.4 Å². The van der Waals surface area contributed by atoms with Crippen molar-refractivity contribution in [2.45, 2.75) is 11.8 Å². The van der Waals surface area contributed by atoms with E-state index in [1.54, 1.807) is 22.9 Å². The summed E-state index contributed by atoms with van der Waals surface area (Å²) in [6.07, 6.45) is 0. The summed E-state index contributed by atoms with van der Waals surface area (Å²) in [6.45, 7) is 1.82. The van der Waals surface area contributed by atoms with Gasteiger partial charge in [0.15, 0.2) is 0 Å². The fourth-order valence-corrected chi connectivity index (χ4v) is 3.06. The van der Waals surface area contributed by atoms with Crippen LogP contribution in [0.25, 0.3) is 5.69 Å². The molecule has 26 heavy (non-hydrogen) atoms. The quantitative estimate of drug-likeness (QED) is 0.406. The molecule has 0 aliphatic rings. The Morgan fingerprint density at radius 3 is 2.54 bits per heavy atom. The van der Waals surface area contributed by atoms with Crippen LogP contribution < -0.4 is 5.32 Å². The highest BCUT2D eigenvalue weighted by atomic mass is 32.2. The zero-order chi connectivity index (χ0) is 18.5. The second kappa shape index (κ2) is 7.83. The van der Waals surface area contributed by atoms with Crippen molar-refractivity contribution in [2.75, 3.05) is 11.1 Å². The minimum atomic E-state index is -0.457. The van der Waals surface area contributed by atoms with Crippen LogP contribution in [-0.2, 0) is 4.79 Å². The van der Waals surface area contributed by atoms with Gasteiger partial charge >= 0.3 is 0 Å². The monoisotopic (exact) mass is 368 g/mol. The average Bonchev–Trinajstić information content (AvgIpc) is 3.01. The number of aromatic nitrogens is 2. The zero-order valence-electron chi connectivity index (χ0n) is 14.0. The molecule has 3 rings (SSSR count). The van der Waals surface area contributed by atoms with Crippen LogP contribution in [0.1, 0.15) is 5.69 Å². The van der Waals surface area contributed by atoms with E-state index in [9.17, 15) is 14.9 Å². The van der Waals surface area contributed by atoms with E-state index in [1.807, 2.05) is 37.3 Å². The maximum absolute atomic E-state index is 12.3. The number of thioether (sulfide) groups is 1. The molecule has 0 aliphatic heterocycles. The summed E-state index contributed by atoms with van der Waals surface area (Å²) in [6, 6.07) is 17.4. The number of nitro benzene ring substituents is 1. The molecule has 1 N–H and O–H groups in total. The largest absolute Gasteiger partial charge is 0.310 e. The maximum atomic E-state index is 12.3. The number of non-ortho nitro benzene ring substituents is 1. The minimum Gasteiger partial charge on any atom is -0.310 e. The Balaban J connectivity index is 1.72. The van der Waals surface area contributed by atoms with Gasteiger partial charge in [-0.25, -0.2) is 4.68 Å². The van der Waals surface area contributed by atoms with E-state index in [0.717, 1.165) is 10.6 Å². The predicted molar refractivity (Wildman–Crippen MR) is 101 cm³/mol. The van der Waals surface area contributed by atoms with Crippen molar-refractivity contribution in [3.05, 3.63) is 76.5 Å². The summed E-state index contributed by atoms with van der Waals surface area (Å²) in [5.41, 5.74) is 1.37. The Morgan fingerprint density at radius 1 is 1.19 bits per heavy atom. The minimum absolute atomic E-state index is 0.00229. The van der Waals surface area contributed by atoms with E-state index < -0.39 is 4.92 Å². The molecule has 1 amide bonds. The van der Waals surface area contributed by atoms with E-state index in [0.29, 0.717) is 11.5 Å². The fourth-order valence-electron chi connectivity index (χ4n) is 2.35. The summed E-state index contributed by atoms with van der Waals surface area (Å²) in [5, 5.41) is 18.0. The Bertz CT molecular complexity index is 923. The number of anilines is 1. The molecule has 7 nitrogen and oxygen atoms in total. The summed E-state index contributed by atoms with van der Waals surface area (Å²) in [7, 11) is 0. The van der Waals surface area contributed by atoms with Crippen LogP contribution in [0.5, 0.6) is 0 Å². The summed E-state index contributed by atoms with van der Waals surface area (Å²) in [5.74, 6) is 0.644. The zero-order valence-corrected chi connectivity index (χ0v) is 14.8. The van der Waals surface area contributed by atoms with E-state index in [4.69, 9.17) is 0 Å². The van der Waals surface area contributed by atoms with Gasteiger partial charge in [0.1, 0.15) is 5.82 Å². The molecule has 3 aromatic rings. The first-order valence-corrected chi connectivity index (χ1v) is 8.81. The van der Waals surface area contributed by atoms with E-state index in [2.05, 4.69) is 10.4 Å². The maximum Gasteiger partial charge on any atom is 0.269 e. The van der Waals surface area contributed by atoms with Crippen molar-refractivity contribution in [2.24, 2.45) is 0 Å². The number of nitrogens with zero attached hydrogens (tertiary/aromatic N) is 3. The molecule has 1 heterocycles. The molecule has 0 saturated heterocycles. The first-order chi connectivity index (χ1) is 12.5. The van der Waals surface area contributed by atoms with Crippen molar-refractivity contribution in [3.63, 3.8) is 0 Å². The third-order valence-corrected chi connectivity index (χ3v) is 4.53. The first kappa shape index (κ1) is 17.7. The number of hydrogen-bond donors (Lipinski definition) is 1. The molecule has 1 aromatic heterocycles. The van der Waals surface area contributed by atoms with Crippen LogP contribution in [0.3, 0.4) is 0 Å². The van der Waals surface area contributed by atoms with Gasteiger partial charge in [0.05, 0.1) is 22.1 Å². The lowest BCUT2D eigenvalue weighted by Crippen LogP contribution is -2.16. The Kier molecular flexibility index (Phi) is 5.33. The molecular formula is C18H16N4O3S. The number of nitrogens with one attached hydrogen (secondary N) is 1. The summed E-state index contributed by atoms with van der Waals surface area (Å²) >= 11 is 1.44. The van der Waals surface area contributed by atoms with Gasteiger partial charge in [-0.1, -0.05) is 18.2 Å². The fraction of sp³-hybridized carbons (Fsp3) is 0.111. The SMILES string of the molecule is Cc1cc(NC(=O)CSc2ccccc2)n(-c2ccc([N+](=O)[O-])cc2)n1. The smallest absolute Gasteiger partial charge is 0.269 e. The van der Waals surface area contributed by atoms with Crippen molar-refractivity contribution in [1.82, 2.24) is 9.78 Å². The van der Waals surface area contributed by atoms with Crippen molar-refractivity contribution < 1.29 is 9.72 Å². The lowest BCUT2D eigenvalue weighted by Gasteiger charge is -2.09. The van der Waals surface area contributed by atoms with E-state index >= 15 is 0 Å². The molecule has 0 fully saturated rings. The van der Waals surface area contributed by atoms with Gasteiger partial charge in [0.25, 0.3) is 5.69 Å². The predicted octanol–water partition coefficient (Wildman–Crippen LogP) is 3.82. The number of amides is 1. The van der Waals surface area contributed by atoms with Gasteiger partial charge in [-0.05, 0) is 31.2 Å². The molecule has 2 aromatic carbocycles. The highest BCUT2D eigenvalue weighted by Crippen LogP contribution is 2.21. The van der Waals surface area contributed by atoms with Crippen LogP contribution in [0.4, 0.5) is 11.5 Å². The number of rotatable bonds is 6. The normalized spacial score (nSPS) is 10.5. The Labute approximate surface area is 154 Å². The van der Waals surface area contributed by atoms with Crippen LogP contribution in [0.2, 0.25) is 0 Å². The molecular weight excluding hydrogens is 352 g/mol. The molecule has 0 aliphatic carbocycles. The Morgan fingerprint density at radius 2 is 1.88 bits per heavy atom. The van der Waals surface area contributed by atoms with Gasteiger partial charge in [-0.3, -0.25) is 14.9 Å². The van der Waals surface area contributed by atoms with E-state index in [1.165, 1.54) is 23.9 Å². The molecule has 0 bridgehead atoms. The second-order valence-electron chi connectivity index (χ2n) is 5.51. The third kappa shape index (κ3) is 4.28. The Hall–Kier alpha value is -3.13. The second-order valence-corrected chi connectivity index (χ2v) is 6.55. The van der Waals surface area contributed by atoms with Gasteiger partial charge in [0, 0.05) is 23.1 Å². The first-order valence-electron chi connectivity index (χ1n) is 7.82. The number of hydrogen-bond acceptors (Lipinski definition) is 5. The average molecular weight is 368 g/mol. The molecule has 0 radical (unpaired) electrons. The van der Waals surface area contributed by atoms with Crippen molar-refractivity contribution in [1.29, 1.82) is 0 Å². The van der Waals surface area contributed by atoms with Crippen LogP contribution in [0.15, 0.2) is 65.6 Å². The standard InChI is InChI=1S/C18H16N4O3S/c1-13-11-17(19-18(23)12-26-16-5-3-2-4-6-16)21(20-13)14-7-9-15(10-8-14)22(24)25/h2-11H,12H2,1H3,(H,19,23). The number of nitro groups is 1. The lowest BCUT2D eigenvalue weighted by atomic mass is 10.3. The summed E-state index contributed by atoms with van der Waals surface area (Å²) in [4.78, 5) is 23.6. The number of aryl methyl sites for hydroxylation is 1. The molecule has 0 unspecified atom stereocenters. The highest BCUT2D eigenvalue weighted by Gasteiger charge is 2.13. The summed E-state index contributed by atoms with van der Waals surface area (Å²) < 4.78 is 1.56. The highest BCUT2D eigenvalue weighted by molar-refractivity contribution is 8.00. The van der Waals surface area contributed by atoms with Gasteiger partial charge in [-0.2, -0.15) is 5.10 Å². The van der Waals surface area contributed by atoms with Gasteiger partial charge in [-0.15, -0.1) is 11.8 Å². The molecule has 0 saturated carbocycles.